The Labute approximate surface area is 123 Å². The first kappa shape index (κ1) is 15.5. The summed E-state index contributed by atoms with van der Waals surface area (Å²) in [5, 5.41) is 6.62. The number of likely N-dealkylation sites (tertiary alicyclic amines) is 1. The van der Waals surface area contributed by atoms with Crippen molar-refractivity contribution < 1.29 is 14.1 Å². The predicted molar refractivity (Wildman–Crippen MR) is 76.6 cm³/mol. The van der Waals surface area contributed by atoms with E-state index in [4.69, 9.17) is 10.3 Å². The van der Waals surface area contributed by atoms with Crippen molar-refractivity contribution in [1.82, 2.24) is 15.4 Å². The molecule has 2 amide bonds. The number of rotatable bonds is 5. The minimum absolute atomic E-state index is 0.00461. The van der Waals surface area contributed by atoms with Gasteiger partial charge in [0.1, 0.15) is 5.76 Å². The van der Waals surface area contributed by atoms with Gasteiger partial charge in [-0.2, -0.15) is 0 Å². The van der Waals surface area contributed by atoms with Crippen molar-refractivity contribution in [2.45, 2.75) is 38.6 Å². The largest absolute Gasteiger partial charge is 0.361 e. The van der Waals surface area contributed by atoms with E-state index in [0.29, 0.717) is 37.5 Å². The molecular formula is C14H22N4O3. The Kier molecular flexibility index (Phi) is 5.32. The fourth-order valence-corrected chi connectivity index (χ4v) is 2.55. The van der Waals surface area contributed by atoms with Crippen molar-refractivity contribution in [3.63, 3.8) is 0 Å². The van der Waals surface area contributed by atoms with Crippen LogP contribution in [0.25, 0.3) is 0 Å². The van der Waals surface area contributed by atoms with Crippen LogP contribution in [-0.4, -0.2) is 47.5 Å². The normalized spacial score (nSPS) is 18.6. The number of amides is 2. The second kappa shape index (κ2) is 7.21. The molecule has 0 aliphatic carbocycles. The minimum Gasteiger partial charge on any atom is -0.361 e. The molecule has 1 fully saturated rings. The standard InChI is InChI=1S/C14H22N4O3/c1-10-8-12(17-21-10)14(20)18-7-3-2-4-11(18)9-16-13(19)5-6-15/h8,11H,2-7,9,15H2,1H3,(H,16,19). The number of nitrogens with zero attached hydrogens (tertiary/aromatic N) is 2. The van der Waals surface area contributed by atoms with Gasteiger partial charge < -0.3 is 20.5 Å². The molecule has 0 radical (unpaired) electrons. The van der Waals surface area contributed by atoms with Crippen molar-refractivity contribution in [3.05, 3.63) is 17.5 Å². The Morgan fingerprint density at radius 2 is 2.33 bits per heavy atom. The highest BCUT2D eigenvalue weighted by molar-refractivity contribution is 5.92. The lowest BCUT2D eigenvalue weighted by atomic mass is 10.0. The van der Waals surface area contributed by atoms with E-state index in [1.165, 1.54) is 0 Å². The molecule has 1 saturated heterocycles. The number of hydrogen-bond donors (Lipinski definition) is 2. The van der Waals surface area contributed by atoms with Gasteiger partial charge >= 0.3 is 0 Å². The van der Waals surface area contributed by atoms with Crippen molar-refractivity contribution >= 4 is 11.8 Å². The maximum absolute atomic E-state index is 12.5. The molecule has 1 aromatic rings. The molecule has 0 spiro atoms. The number of aryl methyl sites for hydroxylation is 1. The average molecular weight is 294 g/mol. The summed E-state index contributed by atoms with van der Waals surface area (Å²) in [7, 11) is 0. The van der Waals surface area contributed by atoms with E-state index >= 15 is 0 Å². The number of piperidine rings is 1. The molecule has 0 aromatic carbocycles. The Balaban J connectivity index is 1.98. The van der Waals surface area contributed by atoms with Crippen LogP contribution in [0.2, 0.25) is 0 Å². The van der Waals surface area contributed by atoms with Crippen molar-refractivity contribution in [3.8, 4) is 0 Å². The molecule has 21 heavy (non-hydrogen) atoms. The van der Waals surface area contributed by atoms with E-state index in [9.17, 15) is 9.59 Å². The lowest BCUT2D eigenvalue weighted by Gasteiger charge is -2.35. The average Bonchev–Trinajstić information content (AvgIpc) is 2.91. The molecule has 0 saturated carbocycles. The molecule has 0 bridgehead atoms. The second-order valence-corrected chi connectivity index (χ2v) is 5.31. The zero-order valence-corrected chi connectivity index (χ0v) is 12.3. The molecule has 2 heterocycles. The van der Waals surface area contributed by atoms with Gasteiger partial charge in [-0.25, -0.2) is 0 Å². The zero-order valence-electron chi connectivity index (χ0n) is 12.3. The van der Waals surface area contributed by atoms with Gasteiger partial charge in [-0.1, -0.05) is 5.16 Å². The topological polar surface area (TPSA) is 101 Å². The third-order valence-electron chi connectivity index (χ3n) is 3.64. The van der Waals surface area contributed by atoms with Gasteiger partial charge in [0.2, 0.25) is 5.91 Å². The second-order valence-electron chi connectivity index (χ2n) is 5.31. The molecule has 7 heteroatoms. The highest BCUT2D eigenvalue weighted by Gasteiger charge is 2.29. The van der Waals surface area contributed by atoms with Gasteiger partial charge in [0.25, 0.3) is 5.91 Å². The number of carbonyl (C=O) groups excluding carboxylic acids is 2. The number of nitrogens with one attached hydrogen (secondary N) is 1. The number of aromatic nitrogens is 1. The fraction of sp³-hybridized carbons (Fsp3) is 0.643. The van der Waals surface area contributed by atoms with Gasteiger partial charge in [0.15, 0.2) is 5.69 Å². The van der Waals surface area contributed by atoms with E-state index in [1.54, 1.807) is 17.9 Å². The summed E-state index contributed by atoms with van der Waals surface area (Å²) in [6.07, 6.45) is 3.21. The first-order valence-corrected chi connectivity index (χ1v) is 7.33. The van der Waals surface area contributed by atoms with Crippen LogP contribution < -0.4 is 11.1 Å². The summed E-state index contributed by atoms with van der Waals surface area (Å²) in [6, 6.07) is 1.64. The van der Waals surface area contributed by atoms with Crippen molar-refractivity contribution in [2.24, 2.45) is 5.73 Å². The minimum atomic E-state index is -0.135. The lowest BCUT2D eigenvalue weighted by molar-refractivity contribution is -0.121. The molecule has 1 unspecified atom stereocenters. The molecule has 1 aliphatic rings. The highest BCUT2D eigenvalue weighted by atomic mass is 16.5. The summed E-state index contributed by atoms with van der Waals surface area (Å²) in [5.74, 6) is 0.403. The van der Waals surface area contributed by atoms with Crippen molar-refractivity contribution in [1.29, 1.82) is 0 Å². The van der Waals surface area contributed by atoms with Crippen LogP contribution in [0, 0.1) is 6.92 Å². The predicted octanol–water partition coefficient (Wildman–Crippen LogP) is 0.443. The van der Waals surface area contributed by atoms with Crippen LogP contribution in [0.15, 0.2) is 10.6 Å². The lowest BCUT2D eigenvalue weighted by Crippen LogP contribution is -2.49. The molecule has 116 valence electrons. The van der Waals surface area contributed by atoms with Crippen LogP contribution in [-0.2, 0) is 4.79 Å². The maximum atomic E-state index is 12.5. The Hall–Kier alpha value is -1.89. The number of nitrogens with two attached hydrogens (primary N) is 1. The molecule has 2 rings (SSSR count). The van der Waals surface area contributed by atoms with Crippen LogP contribution in [0.4, 0.5) is 0 Å². The SMILES string of the molecule is Cc1cc(C(=O)N2CCCCC2CNC(=O)CCN)no1. The molecule has 3 N–H and O–H groups in total. The van der Waals surface area contributed by atoms with E-state index in [0.717, 1.165) is 19.3 Å². The maximum Gasteiger partial charge on any atom is 0.276 e. The zero-order chi connectivity index (χ0) is 15.2. The van der Waals surface area contributed by atoms with Gasteiger partial charge in [0.05, 0.1) is 0 Å². The van der Waals surface area contributed by atoms with Gasteiger partial charge in [-0.05, 0) is 26.2 Å². The van der Waals surface area contributed by atoms with Crippen LogP contribution in [0.1, 0.15) is 41.9 Å². The van der Waals surface area contributed by atoms with Crippen LogP contribution in [0.5, 0.6) is 0 Å². The smallest absolute Gasteiger partial charge is 0.276 e. The summed E-state index contributed by atoms with van der Waals surface area (Å²) < 4.78 is 4.96. The molecule has 1 aromatic heterocycles. The van der Waals surface area contributed by atoms with E-state index in [-0.39, 0.29) is 17.9 Å². The first-order chi connectivity index (χ1) is 10.1. The fourth-order valence-electron chi connectivity index (χ4n) is 2.55. The van der Waals surface area contributed by atoms with Gasteiger partial charge in [-0.15, -0.1) is 0 Å². The Bertz CT molecular complexity index is 500. The van der Waals surface area contributed by atoms with E-state index < -0.39 is 0 Å². The van der Waals surface area contributed by atoms with Crippen LogP contribution in [0.3, 0.4) is 0 Å². The summed E-state index contributed by atoms with van der Waals surface area (Å²) in [4.78, 5) is 25.8. The summed E-state index contributed by atoms with van der Waals surface area (Å²) in [6.45, 7) is 3.23. The molecule has 1 atom stereocenters. The van der Waals surface area contributed by atoms with E-state index in [2.05, 4.69) is 10.5 Å². The summed E-state index contributed by atoms with van der Waals surface area (Å²) >= 11 is 0. The number of carbonyl (C=O) groups is 2. The quantitative estimate of drug-likeness (QED) is 0.820. The molecular weight excluding hydrogens is 272 g/mol. The molecule has 1 aliphatic heterocycles. The number of hydrogen-bond acceptors (Lipinski definition) is 5. The van der Waals surface area contributed by atoms with E-state index in [1.807, 2.05) is 0 Å². The van der Waals surface area contributed by atoms with Crippen molar-refractivity contribution in [2.75, 3.05) is 19.6 Å². The Morgan fingerprint density at radius 1 is 1.52 bits per heavy atom. The van der Waals surface area contributed by atoms with Gasteiger partial charge in [-0.3, -0.25) is 9.59 Å². The van der Waals surface area contributed by atoms with Crippen LogP contribution >= 0.6 is 0 Å². The summed E-state index contributed by atoms with van der Waals surface area (Å²) in [5.41, 5.74) is 5.67. The highest BCUT2D eigenvalue weighted by Crippen LogP contribution is 2.19. The first-order valence-electron chi connectivity index (χ1n) is 7.33. The third kappa shape index (κ3) is 4.04. The Morgan fingerprint density at radius 3 is 3.00 bits per heavy atom. The van der Waals surface area contributed by atoms with Gasteiger partial charge in [0, 0.05) is 38.2 Å². The molecule has 7 nitrogen and oxygen atoms in total. The third-order valence-corrected chi connectivity index (χ3v) is 3.64. The monoisotopic (exact) mass is 294 g/mol.